The third-order valence-corrected chi connectivity index (χ3v) is 6.73. The van der Waals surface area contributed by atoms with Gasteiger partial charge in [-0.3, -0.25) is 0 Å². The van der Waals surface area contributed by atoms with Crippen molar-refractivity contribution in [3.63, 3.8) is 0 Å². The molecule has 0 atom stereocenters. The fraction of sp³-hybridized carbons (Fsp3) is 0.739. The number of hydrogen-bond donors (Lipinski definition) is 0. The predicted octanol–water partition coefficient (Wildman–Crippen LogP) is 7.17. The first kappa shape index (κ1) is 18.0. The Morgan fingerprint density at radius 3 is 1.79 bits per heavy atom. The highest BCUT2D eigenvalue weighted by Crippen LogP contribution is 2.39. The molecule has 0 spiro atoms. The first-order valence-corrected chi connectivity index (χ1v) is 10.5. The van der Waals surface area contributed by atoms with Crippen LogP contribution in [0.25, 0.3) is 0 Å². The normalized spacial score (nSPS) is 31.1. The first-order valence-electron chi connectivity index (χ1n) is 10.5. The summed E-state index contributed by atoms with van der Waals surface area (Å²) in [5.74, 6) is 3.76. The maximum absolute atomic E-state index is 13.0. The van der Waals surface area contributed by atoms with Crippen LogP contribution in [0.3, 0.4) is 0 Å². The van der Waals surface area contributed by atoms with Crippen molar-refractivity contribution in [2.45, 2.75) is 84.0 Å². The van der Waals surface area contributed by atoms with Crippen molar-refractivity contribution in [3.05, 3.63) is 35.6 Å². The molecule has 1 aromatic carbocycles. The van der Waals surface area contributed by atoms with Gasteiger partial charge in [0.05, 0.1) is 0 Å². The molecule has 134 valence electrons. The van der Waals surface area contributed by atoms with Crippen molar-refractivity contribution < 1.29 is 4.39 Å². The molecule has 0 bridgehead atoms. The first-order chi connectivity index (χ1) is 11.7. The molecule has 0 amide bonds. The van der Waals surface area contributed by atoms with E-state index < -0.39 is 0 Å². The van der Waals surface area contributed by atoms with Crippen LogP contribution in [0.5, 0.6) is 0 Å². The molecule has 0 saturated heterocycles. The molecule has 0 radical (unpaired) electrons. The zero-order valence-electron chi connectivity index (χ0n) is 15.5. The highest BCUT2D eigenvalue weighted by Gasteiger charge is 2.26. The molecule has 2 saturated carbocycles. The van der Waals surface area contributed by atoms with Gasteiger partial charge in [-0.15, -0.1) is 0 Å². The molecule has 0 heterocycles. The van der Waals surface area contributed by atoms with E-state index in [1.165, 1.54) is 76.2 Å². The molecule has 0 nitrogen and oxygen atoms in total. The van der Waals surface area contributed by atoms with E-state index >= 15 is 0 Å². The Morgan fingerprint density at radius 2 is 1.25 bits per heavy atom. The number of hydrogen-bond acceptors (Lipinski definition) is 0. The third kappa shape index (κ3) is 5.33. The predicted molar refractivity (Wildman–Crippen MR) is 101 cm³/mol. The van der Waals surface area contributed by atoms with Crippen molar-refractivity contribution >= 4 is 0 Å². The second-order valence-electron chi connectivity index (χ2n) is 8.63. The average Bonchev–Trinajstić information content (AvgIpc) is 2.61. The zero-order chi connectivity index (χ0) is 16.8. The molecule has 2 aliphatic rings. The molecule has 1 heteroatoms. The van der Waals surface area contributed by atoms with E-state index in [9.17, 15) is 4.39 Å². The number of benzene rings is 1. The van der Waals surface area contributed by atoms with Gasteiger partial charge in [0.25, 0.3) is 0 Å². The molecule has 0 aliphatic heterocycles. The molecule has 2 aliphatic carbocycles. The van der Waals surface area contributed by atoms with Crippen molar-refractivity contribution in [1.29, 1.82) is 0 Å². The lowest BCUT2D eigenvalue weighted by molar-refractivity contribution is 0.187. The average molecular weight is 331 g/mol. The Bertz CT molecular complexity index is 461. The number of halogens is 1. The van der Waals surface area contributed by atoms with Crippen molar-refractivity contribution in [2.75, 3.05) is 0 Å². The molecule has 0 N–H and O–H groups in total. The highest BCUT2D eigenvalue weighted by molar-refractivity contribution is 5.16. The minimum absolute atomic E-state index is 0.115. The van der Waals surface area contributed by atoms with Crippen LogP contribution in [0.4, 0.5) is 4.39 Å². The highest BCUT2D eigenvalue weighted by atomic mass is 19.1. The summed E-state index contributed by atoms with van der Waals surface area (Å²) in [5.41, 5.74) is 1.31. The van der Waals surface area contributed by atoms with Gasteiger partial charge in [-0.25, -0.2) is 4.39 Å². The molecule has 1 aromatic rings. The minimum Gasteiger partial charge on any atom is -0.207 e. The van der Waals surface area contributed by atoms with Crippen LogP contribution in [0.2, 0.25) is 0 Å². The Morgan fingerprint density at radius 1 is 0.750 bits per heavy atom. The molecular weight excluding hydrogens is 295 g/mol. The molecule has 0 unspecified atom stereocenters. The smallest absolute Gasteiger partial charge is 0.123 e. The van der Waals surface area contributed by atoms with Gasteiger partial charge in [-0.05, 0) is 67.1 Å². The van der Waals surface area contributed by atoms with Gasteiger partial charge in [0.15, 0.2) is 0 Å². The molecule has 0 aromatic heterocycles. The van der Waals surface area contributed by atoms with Gasteiger partial charge >= 0.3 is 0 Å². The van der Waals surface area contributed by atoms with E-state index in [2.05, 4.69) is 6.92 Å². The van der Waals surface area contributed by atoms with Gasteiger partial charge in [-0.1, -0.05) is 70.4 Å². The second-order valence-corrected chi connectivity index (χ2v) is 8.63. The summed E-state index contributed by atoms with van der Waals surface area (Å²) >= 11 is 0. The maximum Gasteiger partial charge on any atom is 0.123 e. The standard InChI is InChI=1S/C23H35F/c1-2-3-18-4-6-19(7-5-18)16-20-8-10-21(11-9-20)17-22-12-14-23(24)15-13-22/h12-15,18-21H,2-11,16-17H2,1H3. The fourth-order valence-electron chi connectivity index (χ4n) is 5.26. The summed E-state index contributed by atoms with van der Waals surface area (Å²) in [5, 5.41) is 0. The van der Waals surface area contributed by atoms with Gasteiger partial charge in [0.1, 0.15) is 5.82 Å². The summed E-state index contributed by atoms with van der Waals surface area (Å²) < 4.78 is 13.0. The Hall–Kier alpha value is -0.850. The zero-order valence-corrected chi connectivity index (χ0v) is 15.5. The van der Waals surface area contributed by atoms with E-state index in [0.29, 0.717) is 0 Å². The van der Waals surface area contributed by atoms with Gasteiger partial charge < -0.3 is 0 Å². The van der Waals surface area contributed by atoms with Crippen LogP contribution >= 0.6 is 0 Å². The van der Waals surface area contributed by atoms with Gasteiger partial charge in [0, 0.05) is 0 Å². The molecule has 3 rings (SSSR count). The Kier molecular flexibility index (Phi) is 6.75. The topological polar surface area (TPSA) is 0 Å². The summed E-state index contributed by atoms with van der Waals surface area (Å²) in [7, 11) is 0. The third-order valence-electron chi connectivity index (χ3n) is 6.73. The van der Waals surface area contributed by atoms with Crippen LogP contribution in [-0.4, -0.2) is 0 Å². The lowest BCUT2D eigenvalue weighted by Gasteiger charge is -2.34. The SMILES string of the molecule is CCCC1CCC(CC2CCC(Cc3ccc(F)cc3)CC2)CC1. The van der Waals surface area contributed by atoms with E-state index in [0.717, 1.165) is 30.1 Å². The quantitative estimate of drug-likeness (QED) is 0.518. The van der Waals surface area contributed by atoms with E-state index in [-0.39, 0.29) is 5.82 Å². The monoisotopic (exact) mass is 330 g/mol. The van der Waals surface area contributed by atoms with Crippen molar-refractivity contribution in [3.8, 4) is 0 Å². The second kappa shape index (κ2) is 9.02. The van der Waals surface area contributed by atoms with Gasteiger partial charge in [-0.2, -0.15) is 0 Å². The summed E-state index contributed by atoms with van der Waals surface area (Å²) in [6.07, 6.45) is 17.1. The lowest BCUT2D eigenvalue weighted by Crippen LogP contribution is -2.21. The summed E-state index contributed by atoms with van der Waals surface area (Å²) in [6, 6.07) is 7.15. The molecule has 2 fully saturated rings. The Labute approximate surface area is 148 Å². The summed E-state index contributed by atoms with van der Waals surface area (Å²) in [4.78, 5) is 0. The van der Waals surface area contributed by atoms with Crippen molar-refractivity contribution in [2.24, 2.45) is 23.7 Å². The maximum atomic E-state index is 13.0. The molecule has 24 heavy (non-hydrogen) atoms. The van der Waals surface area contributed by atoms with Crippen LogP contribution in [0.1, 0.15) is 83.1 Å². The van der Waals surface area contributed by atoms with E-state index in [1.807, 2.05) is 12.1 Å². The van der Waals surface area contributed by atoms with Gasteiger partial charge in [0.2, 0.25) is 0 Å². The van der Waals surface area contributed by atoms with Crippen molar-refractivity contribution in [1.82, 2.24) is 0 Å². The van der Waals surface area contributed by atoms with Crippen LogP contribution in [-0.2, 0) is 6.42 Å². The van der Waals surface area contributed by atoms with E-state index in [4.69, 9.17) is 0 Å². The van der Waals surface area contributed by atoms with E-state index in [1.54, 1.807) is 12.1 Å². The minimum atomic E-state index is -0.115. The number of rotatable bonds is 6. The van der Waals surface area contributed by atoms with Crippen LogP contribution in [0, 0.1) is 29.5 Å². The Balaban J connectivity index is 1.36. The fourth-order valence-corrected chi connectivity index (χ4v) is 5.26. The van der Waals surface area contributed by atoms with Crippen LogP contribution < -0.4 is 0 Å². The van der Waals surface area contributed by atoms with Crippen LogP contribution in [0.15, 0.2) is 24.3 Å². The largest absolute Gasteiger partial charge is 0.207 e. The molecular formula is C23H35F. The summed E-state index contributed by atoms with van der Waals surface area (Å²) in [6.45, 7) is 2.33. The lowest BCUT2D eigenvalue weighted by atomic mass is 9.72.